The Balaban J connectivity index is 1.68. The van der Waals surface area contributed by atoms with Crippen LogP contribution in [0.1, 0.15) is 43.7 Å². The van der Waals surface area contributed by atoms with Gasteiger partial charge in [-0.1, -0.05) is 73.5 Å². The Hall–Kier alpha value is -2.62. The summed E-state index contributed by atoms with van der Waals surface area (Å²) in [5.74, 6) is -0.0439. The van der Waals surface area contributed by atoms with Gasteiger partial charge in [0, 0.05) is 12.6 Å². The summed E-state index contributed by atoms with van der Waals surface area (Å²) in [4.78, 5) is 27.6. The van der Waals surface area contributed by atoms with Gasteiger partial charge in [-0.15, -0.1) is 0 Å². The predicted octanol–water partition coefficient (Wildman–Crippen LogP) is 3.75. The molecule has 2 aromatic carbocycles. The fraction of sp³-hybridized carbons (Fsp3) is 0.417. The van der Waals surface area contributed by atoms with Gasteiger partial charge >= 0.3 is 0 Å². The zero-order chi connectivity index (χ0) is 19.8. The van der Waals surface area contributed by atoms with E-state index in [-0.39, 0.29) is 17.9 Å². The highest BCUT2D eigenvalue weighted by Gasteiger charge is 2.28. The van der Waals surface area contributed by atoms with Crippen LogP contribution in [0.3, 0.4) is 0 Å². The third-order valence-electron chi connectivity index (χ3n) is 5.55. The van der Waals surface area contributed by atoms with E-state index in [4.69, 9.17) is 0 Å². The van der Waals surface area contributed by atoms with E-state index in [2.05, 4.69) is 17.4 Å². The zero-order valence-electron chi connectivity index (χ0n) is 16.6. The van der Waals surface area contributed by atoms with Crippen molar-refractivity contribution in [3.05, 3.63) is 71.8 Å². The maximum Gasteiger partial charge on any atom is 0.242 e. The summed E-state index contributed by atoms with van der Waals surface area (Å²) < 4.78 is 0. The van der Waals surface area contributed by atoms with Crippen LogP contribution in [0.4, 0.5) is 0 Å². The Labute approximate surface area is 167 Å². The molecule has 2 amide bonds. The summed E-state index contributed by atoms with van der Waals surface area (Å²) in [5, 5.41) is 3.14. The number of carbonyl (C=O) groups is 2. The monoisotopic (exact) mass is 378 g/mol. The number of nitrogens with zero attached hydrogens (tertiary/aromatic N) is 1. The summed E-state index contributed by atoms with van der Waals surface area (Å²) in [6, 6.07) is 19.6. The molecule has 0 radical (unpaired) electrons. The van der Waals surface area contributed by atoms with Crippen LogP contribution >= 0.6 is 0 Å². The van der Waals surface area contributed by atoms with Gasteiger partial charge < -0.3 is 10.2 Å². The van der Waals surface area contributed by atoms with Crippen molar-refractivity contribution in [3.8, 4) is 0 Å². The van der Waals surface area contributed by atoms with Crippen LogP contribution in [-0.2, 0) is 22.4 Å². The van der Waals surface area contributed by atoms with E-state index < -0.39 is 6.04 Å². The standard InChI is InChI=1S/C24H30N2O2/c1-19(24(28)25-22-14-8-9-15-22)26(17-16-20-10-4-2-5-11-20)23(27)18-21-12-6-3-7-13-21/h2-7,10-13,19,22H,8-9,14-18H2,1H3,(H,25,28). The van der Waals surface area contributed by atoms with Crippen molar-refractivity contribution in [1.29, 1.82) is 0 Å². The molecule has 0 saturated heterocycles. The van der Waals surface area contributed by atoms with Crippen molar-refractivity contribution in [3.63, 3.8) is 0 Å². The molecule has 1 unspecified atom stereocenters. The minimum atomic E-state index is -0.472. The lowest BCUT2D eigenvalue weighted by molar-refractivity contribution is -0.139. The van der Waals surface area contributed by atoms with E-state index in [0.717, 1.165) is 24.8 Å². The fourth-order valence-corrected chi connectivity index (χ4v) is 3.83. The van der Waals surface area contributed by atoms with E-state index >= 15 is 0 Å². The number of hydrogen-bond donors (Lipinski definition) is 1. The van der Waals surface area contributed by atoms with Crippen LogP contribution in [0.2, 0.25) is 0 Å². The van der Waals surface area contributed by atoms with E-state index in [1.807, 2.05) is 55.5 Å². The number of rotatable bonds is 8. The first-order chi connectivity index (χ1) is 13.6. The van der Waals surface area contributed by atoms with Gasteiger partial charge in [0.2, 0.25) is 11.8 Å². The van der Waals surface area contributed by atoms with E-state index in [1.165, 1.54) is 18.4 Å². The molecule has 1 atom stereocenters. The smallest absolute Gasteiger partial charge is 0.242 e. The lowest BCUT2D eigenvalue weighted by Gasteiger charge is -2.30. The first-order valence-electron chi connectivity index (χ1n) is 10.3. The Kier molecular flexibility index (Phi) is 7.24. The van der Waals surface area contributed by atoms with Crippen LogP contribution in [0.5, 0.6) is 0 Å². The molecule has 28 heavy (non-hydrogen) atoms. The summed E-state index contributed by atoms with van der Waals surface area (Å²) in [6.45, 7) is 2.38. The van der Waals surface area contributed by atoms with Crippen LogP contribution in [0.25, 0.3) is 0 Å². The van der Waals surface area contributed by atoms with E-state index in [0.29, 0.717) is 13.0 Å². The van der Waals surface area contributed by atoms with Gasteiger partial charge in [-0.2, -0.15) is 0 Å². The van der Waals surface area contributed by atoms with Crippen molar-refractivity contribution >= 4 is 11.8 Å². The lowest BCUT2D eigenvalue weighted by atomic mass is 10.1. The molecule has 3 rings (SSSR count). The van der Waals surface area contributed by atoms with Crippen LogP contribution in [0.15, 0.2) is 60.7 Å². The molecule has 0 heterocycles. The van der Waals surface area contributed by atoms with Crippen molar-refractivity contribution in [1.82, 2.24) is 10.2 Å². The van der Waals surface area contributed by atoms with Crippen LogP contribution in [-0.4, -0.2) is 35.3 Å². The maximum atomic E-state index is 13.1. The molecule has 0 aliphatic heterocycles. The first kappa shape index (κ1) is 20.1. The molecule has 0 spiro atoms. The third kappa shape index (κ3) is 5.69. The summed E-state index contributed by atoms with van der Waals surface area (Å²) in [7, 11) is 0. The number of hydrogen-bond acceptors (Lipinski definition) is 2. The molecule has 1 saturated carbocycles. The second-order valence-electron chi connectivity index (χ2n) is 7.65. The van der Waals surface area contributed by atoms with Gasteiger partial charge in [-0.05, 0) is 37.3 Å². The van der Waals surface area contributed by atoms with Crippen molar-refractivity contribution in [2.24, 2.45) is 0 Å². The summed E-state index contributed by atoms with van der Waals surface area (Å²) >= 11 is 0. The quantitative estimate of drug-likeness (QED) is 0.761. The molecule has 0 bridgehead atoms. The number of carbonyl (C=O) groups excluding carboxylic acids is 2. The van der Waals surface area contributed by atoms with Crippen LogP contribution in [0, 0.1) is 0 Å². The summed E-state index contributed by atoms with van der Waals surface area (Å²) in [5.41, 5.74) is 2.14. The largest absolute Gasteiger partial charge is 0.352 e. The molecule has 2 aromatic rings. The van der Waals surface area contributed by atoms with Gasteiger partial charge in [0.1, 0.15) is 6.04 Å². The lowest BCUT2D eigenvalue weighted by Crippen LogP contribution is -2.51. The first-order valence-corrected chi connectivity index (χ1v) is 10.3. The van der Waals surface area contributed by atoms with Gasteiger partial charge in [0.05, 0.1) is 6.42 Å². The highest BCUT2D eigenvalue weighted by Crippen LogP contribution is 2.18. The molecular weight excluding hydrogens is 348 g/mol. The fourth-order valence-electron chi connectivity index (χ4n) is 3.83. The molecule has 4 nitrogen and oxygen atoms in total. The number of amides is 2. The highest BCUT2D eigenvalue weighted by molar-refractivity contribution is 5.88. The average Bonchev–Trinajstić information content (AvgIpc) is 3.22. The number of nitrogens with one attached hydrogen (secondary N) is 1. The van der Waals surface area contributed by atoms with Crippen LogP contribution < -0.4 is 5.32 Å². The van der Waals surface area contributed by atoms with Crippen molar-refractivity contribution in [2.45, 2.75) is 57.5 Å². The van der Waals surface area contributed by atoms with Gasteiger partial charge in [-0.25, -0.2) is 0 Å². The molecule has 0 aromatic heterocycles. The highest BCUT2D eigenvalue weighted by atomic mass is 16.2. The Morgan fingerprint density at radius 2 is 1.54 bits per heavy atom. The summed E-state index contributed by atoms with van der Waals surface area (Å²) in [6.07, 6.45) is 5.48. The molecule has 1 N–H and O–H groups in total. The SMILES string of the molecule is CC(C(=O)NC1CCCC1)N(CCc1ccccc1)C(=O)Cc1ccccc1. The zero-order valence-corrected chi connectivity index (χ0v) is 16.6. The molecular formula is C24H30N2O2. The molecule has 1 fully saturated rings. The Morgan fingerprint density at radius 1 is 0.964 bits per heavy atom. The van der Waals surface area contributed by atoms with Gasteiger partial charge in [0.25, 0.3) is 0 Å². The minimum Gasteiger partial charge on any atom is -0.352 e. The topological polar surface area (TPSA) is 49.4 Å². The van der Waals surface area contributed by atoms with E-state index in [1.54, 1.807) is 4.90 Å². The molecule has 1 aliphatic carbocycles. The minimum absolute atomic E-state index is 0.00352. The maximum absolute atomic E-state index is 13.1. The van der Waals surface area contributed by atoms with Crippen molar-refractivity contribution in [2.75, 3.05) is 6.54 Å². The Bertz CT molecular complexity index is 755. The van der Waals surface area contributed by atoms with E-state index in [9.17, 15) is 9.59 Å². The molecule has 4 heteroatoms. The van der Waals surface area contributed by atoms with Crippen molar-refractivity contribution < 1.29 is 9.59 Å². The predicted molar refractivity (Wildman–Crippen MR) is 112 cm³/mol. The average molecular weight is 379 g/mol. The molecule has 1 aliphatic rings. The van der Waals surface area contributed by atoms with Gasteiger partial charge in [-0.3, -0.25) is 9.59 Å². The normalized spacial score (nSPS) is 15.2. The number of benzene rings is 2. The third-order valence-corrected chi connectivity index (χ3v) is 5.55. The second-order valence-corrected chi connectivity index (χ2v) is 7.65. The van der Waals surface area contributed by atoms with Gasteiger partial charge in [0.15, 0.2) is 0 Å². The Morgan fingerprint density at radius 3 is 2.14 bits per heavy atom. The molecule has 148 valence electrons. The second kappa shape index (κ2) is 10.1.